The minimum absolute atomic E-state index is 0.204. The number of piperidine rings is 1. The molecular weight excluding hydrogens is 360 g/mol. The molecule has 3 rings (SSSR count). The van der Waals surface area contributed by atoms with Crippen molar-refractivity contribution < 1.29 is 13.5 Å². The summed E-state index contributed by atoms with van der Waals surface area (Å²) in [6.07, 6.45) is 6.57. The number of rotatable bonds is 6. The Morgan fingerprint density at radius 2 is 2.04 bits per heavy atom. The number of aromatic nitrogens is 1. The van der Waals surface area contributed by atoms with Gasteiger partial charge in [0.1, 0.15) is 5.82 Å². The number of aliphatic hydroxyl groups is 1. The molecule has 1 fully saturated rings. The van der Waals surface area contributed by atoms with Crippen molar-refractivity contribution in [1.82, 2.24) is 4.98 Å². The molecule has 1 aliphatic rings. The summed E-state index contributed by atoms with van der Waals surface area (Å²) in [5.74, 6) is 1.16. The third-order valence-electron chi connectivity index (χ3n) is 5.19. The largest absolute Gasteiger partial charge is 0.392 e. The van der Waals surface area contributed by atoms with E-state index < -0.39 is 15.9 Å². The van der Waals surface area contributed by atoms with Gasteiger partial charge in [-0.3, -0.25) is 0 Å². The molecule has 1 aliphatic heterocycles. The fourth-order valence-electron chi connectivity index (χ4n) is 3.53. The third kappa shape index (κ3) is 4.96. The van der Waals surface area contributed by atoms with Gasteiger partial charge in [-0.1, -0.05) is 24.8 Å². The zero-order chi connectivity index (χ0) is 19.4. The van der Waals surface area contributed by atoms with Crippen LogP contribution in [0.1, 0.15) is 24.0 Å². The molecule has 1 N–H and O–H groups in total. The minimum atomic E-state index is -3.23. The number of pyridine rings is 1. The van der Waals surface area contributed by atoms with Crippen LogP contribution in [0.5, 0.6) is 0 Å². The first-order valence-corrected chi connectivity index (χ1v) is 11.1. The summed E-state index contributed by atoms with van der Waals surface area (Å²) in [7, 11) is -3.23. The monoisotopic (exact) mass is 386 g/mol. The number of hydrogen-bond donors (Lipinski definition) is 1. The molecule has 1 unspecified atom stereocenters. The highest BCUT2D eigenvalue weighted by Gasteiger charge is 2.26. The molecule has 6 heteroatoms. The van der Waals surface area contributed by atoms with E-state index in [9.17, 15) is 13.5 Å². The normalized spacial score (nSPS) is 16.9. The molecule has 5 nitrogen and oxygen atoms in total. The number of nitrogens with zero attached hydrogens (tertiary/aromatic N) is 2. The molecule has 0 amide bonds. The molecule has 0 bridgehead atoms. The van der Waals surface area contributed by atoms with Gasteiger partial charge < -0.3 is 10.0 Å². The fraction of sp³-hybridized carbons (Fsp3) is 0.381. The summed E-state index contributed by atoms with van der Waals surface area (Å²) in [6.45, 7) is 5.45. The first-order valence-electron chi connectivity index (χ1n) is 9.17. The van der Waals surface area contributed by atoms with E-state index in [0.29, 0.717) is 11.3 Å². The molecule has 1 aromatic carbocycles. The SMILES string of the molecule is C=Cc1ccc(N2CCC(C(O)Cc3cccc(S(C)(=O)=O)c3)CC2)nc1. The Bertz CT molecular complexity index is 886. The summed E-state index contributed by atoms with van der Waals surface area (Å²) in [5.41, 5.74) is 1.86. The second-order valence-electron chi connectivity index (χ2n) is 7.17. The smallest absolute Gasteiger partial charge is 0.175 e. The van der Waals surface area contributed by atoms with Crippen molar-refractivity contribution in [2.24, 2.45) is 5.92 Å². The van der Waals surface area contributed by atoms with E-state index in [1.165, 1.54) is 6.26 Å². The zero-order valence-electron chi connectivity index (χ0n) is 15.6. The van der Waals surface area contributed by atoms with Crippen molar-refractivity contribution >= 4 is 21.7 Å². The van der Waals surface area contributed by atoms with Gasteiger partial charge in [-0.15, -0.1) is 0 Å². The Kier molecular flexibility index (Phi) is 5.97. The van der Waals surface area contributed by atoms with Crippen LogP contribution in [0, 0.1) is 5.92 Å². The van der Waals surface area contributed by atoms with E-state index in [1.54, 1.807) is 24.3 Å². The zero-order valence-corrected chi connectivity index (χ0v) is 16.4. The lowest BCUT2D eigenvalue weighted by Crippen LogP contribution is -2.38. The highest BCUT2D eigenvalue weighted by molar-refractivity contribution is 7.90. The van der Waals surface area contributed by atoms with Gasteiger partial charge in [0, 0.05) is 25.5 Å². The molecule has 0 spiro atoms. The molecule has 0 radical (unpaired) electrons. The molecule has 1 aromatic heterocycles. The van der Waals surface area contributed by atoms with E-state index in [-0.39, 0.29) is 5.92 Å². The Morgan fingerprint density at radius 1 is 1.30 bits per heavy atom. The first-order chi connectivity index (χ1) is 12.9. The molecule has 2 heterocycles. The second-order valence-corrected chi connectivity index (χ2v) is 9.19. The van der Waals surface area contributed by atoms with Crippen LogP contribution >= 0.6 is 0 Å². The first kappa shape index (κ1) is 19.6. The molecule has 1 saturated heterocycles. The molecule has 0 aliphatic carbocycles. The van der Waals surface area contributed by atoms with Gasteiger partial charge in [-0.2, -0.15) is 0 Å². The van der Waals surface area contributed by atoms with Crippen molar-refractivity contribution in [3.05, 3.63) is 60.3 Å². The van der Waals surface area contributed by atoms with Crippen molar-refractivity contribution in [2.45, 2.75) is 30.3 Å². The second kappa shape index (κ2) is 8.23. The number of anilines is 1. The summed E-state index contributed by atoms with van der Waals surface area (Å²) in [4.78, 5) is 7.02. The Balaban J connectivity index is 1.58. The Hall–Kier alpha value is -2.18. The van der Waals surface area contributed by atoms with Gasteiger partial charge in [-0.05, 0) is 60.6 Å². The van der Waals surface area contributed by atoms with Crippen LogP contribution in [0.15, 0.2) is 54.1 Å². The average molecular weight is 387 g/mol. The van der Waals surface area contributed by atoms with Crippen LogP contribution in [0.25, 0.3) is 6.08 Å². The van der Waals surface area contributed by atoms with E-state index in [4.69, 9.17) is 0 Å². The summed E-state index contributed by atoms with van der Waals surface area (Å²) >= 11 is 0. The van der Waals surface area contributed by atoms with Gasteiger partial charge in [0.05, 0.1) is 11.0 Å². The molecular formula is C21H26N2O3S. The van der Waals surface area contributed by atoms with E-state index in [0.717, 1.165) is 42.9 Å². The van der Waals surface area contributed by atoms with Crippen LogP contribution in [0.3, 0.4) is 0 Å². The molecule has 2 aromatic rings. The van der Waals surface area contributed by atoms with Crippen molar-refractivity contribution in [1.29, 1.82) is 0 Å². The number of aliphatic hydroxyl groups excluding tert-OH is 1. The predicted molar refractivity (Wildman–Crippen MR) is 109 cm³/mol. The highest BCUT2D eigenvalue weighted by atomic mass is 32.2. The lowest BCUT2D eigenvalue weighted by molar-refractivity contribution is 0.0928. The predicted octanol–water partition coefficient (Wildman–Crippen LogP) is 2.95. The number of hydrogen-bond acceptors (Lipinski definition) is 5. The summed E-state index contributed by atoms with van der Waals surface area (Å²) < 4.78 is 23.4. The number of sulfone groups is 1. The van der Waals surface area contributed by atoms with E-state index in [1.807, 2.05) is 24.4 Å². The lowest BCUT2D eigenvalue weighted by atomic mass is 9.88. The van der Waals surface area contributed by atoms with Crippen LogP contribution < -0.4 is 4.90 Å². The Morgan fingerprint density at radius 3 is 2.63 bits per heavy atom. The fourth-order valence-corrected chi connectivity index (χ4v) is 4.22. The molecule has 27 heavy (non-hydrogen) atoms. The van der Waals surface area contributed by atoms with E-state index >= 15 is 0 Å². The lowest BCUT2D eigenvalue weighted by Gasteiger charge is -2.35. The third-order valence-corrected chi connectivity index (χ3v) is 6.30. The minimum Gasteiger partial charge on any atom is -0.392 e. The Labute approximate surface area is 161 Å². The highest BCUT2D eigenvalue weighted by Crippen LogP contribution is 2.26. The van der Waals surface area contributed by atoms with E-state index in [2.05, 4.69) is 16.5 Å². The van der Waals surface area contributed by atoms with Crippen LogP contribution in [-0.4, -0.2) is 44.0 Å². The maximum atomic E-state index is 11.7. The molecule has 0 saturated carbocycles. The van der Waals surface area contributed by atoms with Gasteiger partial charge in [-0.25, -0.2) is 13.4 Å². The molecule has 144 valence electrons. The summed E-state index contributed by atoms with van der Waals surface area (Å²) in [5, 5.41) is 10.7. The van der Waals surface area contributed by atoms with Gasteiger partial charge in [0.15, 0.2) is 9.84 Å². The van der Waals surface area contributed by atoms with Crippen molar-refractivity contribution in [2.75, 3.05) is 24.2 Å². The van der Waals surface area contributed by atoms with Gasteiger partial charge in [0.2, 0.25) is 0 Å². The van der Waals surface area contributed by atoms with Gasteiger partial charge >= 0.3 is 0 Å². The quantitative estimate of drug-likeness (QED) is 0.827. The van der Waals surface area contributed by atoms with Crippen molar-refractivity contribution in [3.8, 4) is 0 Å². The van der Waals surface area contributed by atoms with Crippen LogP contribution in [0.4, 0.5) is 5.82 Å². The summed E-state index contributed by atoms with van der Waals surface area (Å²) in [6, 6.07) is 10.9. The standard InChI is InChI=1S/C21H26N2O3S/c1-3-16-7-8-21(22-15-16)23-11-9-18(10-12-23)20(24)14-17-5-4-6-19(13-17)27(2,25)26/h3-8,13,15,18,20,24H,1,9-12,14H2,2H3. The average Bonchev–Trinajstić information content (AvgIpc) is 2.68. The number of benzene rings is 1. The molecule has 1 atom stereocenters. The topological polar surface area (TPSA) is 70.5 Å². The van der Waals surface area contributed by atoms with Crippen LogP contribution in [-0.2, 0) is 16.3 Å². The maximum absolute atomic E-state index is 11.7. The maximum Gasteiger partial charge on any atom is 0.175 e. The van der Waals surface area contributed by atoms with Crippen LogP contribution in [0.2, 0.25) is 0 Å². The van der Waals surface area contributed by atoms with Crippen molar-refractivity contribution in [3.63, 3.8) is 0 Å². The van der Waals surface area contributed by atoms with Gasteiger partial charge in [0.25, 0.3) is 0 Å².